The van der Waals surface area contributed by atoms with Crippen LogP contribution in [0.4, 0.5) is 5.95 Å². The molecule has 1 amide bonds. The standard InChI is InChI=1S/C24H28ClN5O2S/c1-17(22(31)26-13-12-18-8-10-21(32-2)11-9-18)33-24-28-27-23(29-14-3-4-15-29)30(24)20-7-5-6-19(25)16-20/h5-11,16-17H,3-4,12-15H2,1-2H3,(H,26,31). The van der Waals surface area contributed by atoms with Crippen molar-refractivity contribution in [1.29, 1.82) is 0 Å². The largest absolute Gasteiger partial charge is 0.497 e. The monoisotopic (exact) mass is 485 g/mol. The van der Waals surface area contributed by atoms with E-state index in [1.807, 2.05) is 60.0 Å². The van der Waals surface area contributed by atoms with Crippen LogP contribution in [0, 0.1) is 0 Å². The second kappa shape index (κ2) is 10.9. The number of thioether (sulfide) groups is 1. The number of hydrogen-bond acceptors (Lipinski definition) is 6. The molecule has 33 heavy (non-hydrogen) atoms. The Morgan fingerprint density at radius 2 is 1.94 bits per heavy atom. The van der Waals surface area contributed by atoms with Gasteiger partial charge in [-0.1, -0.05) is 41.6 Å². The van der Waals surface area contributed by atoms with E-state index in [4.69, 9.17) is 16.3 Å². The first-order valence-corrected chi connectivity index (χ1v) is 12.3. The van der Waals surface area contributed by atoms with Gasteiger partial charge in [0.05, 0.1) is 18.0 Å². The molecule has 4 rings (SSSR count). The average molecular weight is 486 g/mol. The lowest BCUT2D eigenvalue weighted by Crippen LogP contribution is -2.32. The Balaban J connectivity index is 1.43. The lowest BCUT2D eigenvalue weighted by Gasteiger charge is -2.19. The van der Waals surface area contributed by atoms with Crippen molar-refractivity contribution in [1.82, 2.24) is 20.1 Å². The van der Waals surface area contributed by atoms with Crippen molar-refractivity contribution in [3.05, 3.63) is 59.1 Å². The molecule has 1 aliphatic rings. The van der Waals surface area contributed by atoms with Crippen LogP contribution in [-0.2, 0) is 11.2 Å². The van der Waals surface area contributed by atoms with E-state index >= 15 is 0 Å². The predicted octanol–water partition coefficient (Wildman–Crippen LogP) is 4.37. The highest BCUT2D eigenvalue weighted by atomic mass is 35.5. The van der Waals surface area contributed by atoms with Crippen LogP contribution in [-0.4, -0.2) is 52.7 Å². The van der Waals surface area contributed by atoms with Crippen molar-refractivity contribution in [2.24, 2.45) is 0 Å². The lowest BCUT2D eigenvalue weighted by molar-refractivity contribution is -0.120. The molecule has 1 atom stereocenters. The number of nitrogens with zero attached hydrogens (tertiary/aromatic N) is 4. The minimum atomic E-state index is -0.325. The number of benzene rings is 2. The second-order valence-electron chi connectivity index (χ2n) is 7.94. The molecule has 0 saturated carbocycles. The molecule has 1 saturated heterocycles. The number of aromatic nitrogens is 3. The summed E-state index contributed by atoms with van der Waals surface area (Å²) in [5.74, 6) is 1.59. The molecule has 1 N–H and O–H groups in total. The predicted molar refractivity (Wildman–Crippen MR) is 133 cm³/mol. The topological polar surface area (TPSA) is 72.3 Å². The summed E-state index contributed by atoms with van der Waals surface area (Å²) < 4.78 is 7.19. The van der Waals surface area contributed by atoms with Crippen molar-refractivity contribution in [2.45, 2.75) is 36.6 Å². The third kappa shape index (κ3) is 5.81. The van der Waals surface area contributed by atoms with Crippen molar-refractivity contribution < 1.29 is 9.53 Å². The van der Waals surface area contributed by atoms with Crippen LogP contribution in [0.5, 0.6) is 5.75 Å². The first-order chi connectivity index (χ1) is 16.0. The number of nitrogens with one attached hydrogen (secondary N) is 1. The summed E-state index contributed by atoms with van der Waals surface area (Å²) in [6.07, 6.45) is 3.03. The molecule has 2 aromatic carbocycles. The zero-order valence-corrected chi connectivity index (χ0v) is 20.4. The first kappa shape index (κ1) is 23.4. The van der Waals surface area contributed by atoms with Crippen molar-refractivity contribution in [3.63, 3.8) is 0 Å². The highest BCUT2D eigenvalue weighted by molar-refractivity contribution is 8.00. The van der Waals surface area contributed by atoms with Gasteiger partial charge in [-0.2, -0.15) is 0 Å². The van der Waals surface area contributed by atoms with Gasteiger partial charge in [0.1, 0.15) is 5.75 Å². The van der Waals surface area contributed by atoms with Crippen LogP contribution >= 0.6 is 23.4 Å². The zero-order valence-electron chi connectivity index (χ0n) is 18.8. The van der Waals surface area contributed by atoms with Gasteiger partial charge >= 0.3 is 0 Å². The molecule has 9 heteroatoms. The highest BCUT2D eigenvalue weighted by Crippen LogP contribution is 2.31. The molecular weight excluding hydrogens is 458 g/mol. The molecule has 0 bridgehead atoms. The quantitative estimate of drug-likeness (QED) is 0.454. The van der Waals surface area contributed by atoms with Crippen molar-refractivity contribution in [3.8, 4) is 11.4 Å². The van der Waals surface area contributed by atoms with E-state index in [-0.39, 0.29) is 11.2 Å². The van der Waals surface area contributed by atoms with Crippen LogP contribution in [0.15, 0.2) is 53.7 Å². The molecule has 7 nitrogen and oxygen atoms in total. The summed E-state index contributed by atoms with van der Waals surface area (Å²) in [6.45, 7) is 4.35. The van der Waals surface area contributed by atoms with E-state index < -0.39 is 0 Å². The number of ether oxygens (including phenoxy) is 1. The molecule has 1 aliphatic heterocycles. The van der Waals surface area contributed by atoms with Gasteiger partial charge < -0.3 is 15.0 Å². The summed E-state index contributed by atoms with van der Waals surface area (Å²) in [6, 6.07) is 15.5. The molecule has 174 valence electrons. The third-order valence-electron chi connectivity index (χ3n) is 5.59. The number of rotatable bonds is 9. The lowest BCUT2D eigenvalue weighted by atomic mass is 10.1. The number of carbonyl (C=O) groups is 1. The van der Waals surface area contributed by atoms with Crippen molar-refractivity contribution in [2.75, 3.05) is 31.6 Å². The Hall–Kier alpha value is -2.71. The summed E-state index contributed by atoms with van der Waals surface area (Å²) in [7, 11) is 1.65. The van der Waals surface area contributed by atoms with Gasteiger partial charge in [0.15, 0.2) is 5.16 Å². The smallest absolute Gasteiger partial charge is 0.233 e. The molecule has 1 fully saturated rings. The Labute approximate surface area is 203 Å². The Kier molecular flexibility index (Phi) is 7.77. The summed E-state index contributed by atoms with van der Waals surface area (Å²) >= 11 is 7.66. The van der Waals surface area contributed by atoms with Gasteiger partial charge in [0.25, 0.3) is 0 Å². The summed E-state index contributed by atoms with van der Waals surface area (Å²) in [5.41, 5.74) is 2.04. The van der Waals surface area contributed by atoms with E-state index in [0.29, 0.717) is 16.7 Å². The van der Waals surface area contributed by atoms with Crippen LogP contribution in [0.3, 0.4) is 0 Å². The SMILES string of the molecule is COc1ccc(CCNC(=O)C(C)Sc2nnc(N3CCCC3)n2-c2cccc(Cl)c2)cc1. The fraction of sp³-hybridized carbons (Fsp3) is 0.375. The maximum atomic E-state index is 12.8. The van der Waals surface area contributed by atoms with E-state index in [2.05, 4.69) is 20.4 Å². The zero-order chi connectivity index (χ0) is 23.2. The number of hydrogen-bond donors (Lipinski definition) is 1. The van der Waals surface area contributed by atoms with Gasteiger partial charge in [-0.15, -0.1) is 10.2 Å². The molecule has 1 aromatic heterocycles. The number of amides is 1. The van der Waals surface area contributed by atoms with Crippen LogP contribution in [0.2, 0.25) is 5.02 Å². The van der Waals surface area contributed by atoms with Gasteiger partial charge in [-0.25, -0.2) is 0 Å². The summed E-state index contributed by atoms with van der Waals surface area (Å²) in [4.78, 5) is 15.0. The number of halogens is 1. The Bertz CT molecular complexity index is 1080. The van der Waals surface area contributed by atoms with Crippen LogP contribution in [0.25, 0.3) is 5.69 Å². The Morgan fingerprint density at radius 1 is 1.18 bits per heavy atom. The van der Waals surface area contributed by atoms with E-state index in [0.717, 1.165) is 55.3 Å². The summed E-state index contributed by atoms with van der Waals surface area (Å²) in [5, 5.41) is 12.9. The van der Waals surface area contributed by atoms with Gasteiger partial charge in [0.2, 0.25) is 11.9 Å². The van der Waals surface area contributed by atoms with E-state index in [9.17, 15) is 4.79 Å². The van der Waals surface area contributed by atoms with Gasteiger partial charge in [-0.3, -0.25) is 9.36 Å². The first-order valence-electron chi connectivity index (χ1n) is 11.1. The molecular formula is C24H28ClN5O2S. The highest BCUT2D eigenvalue weighted by Gasteiger charge is 2.25. The van der Waals surface area contributed by atoms with Gasteiger partial charge in [-0.05, 0) is 62.1 Å². The van der Waals surface area contributed by atoms with Crippen LogP contribution < -0.4 is 15.0 Å². The molecule has 1 unspecified atom stereocenters. The molecule has 2 heterocycles. The van der Waals surface area contributed by atoms with Gasteiger partial charge in [0, 0.05) is 24.7 Å². The van der Waals surface area contributed by atoms with E-state index in [1.54, 1.807) is 7.11 Å². The molecule has 0 aliphatic carbocycles. The second-order valence-corrected chi connectivity index (χ2v) is 9.69. The number of methoxy groups -OCH3 is 1. The fourth-order valence-electron chi connectivity index (χ4n) is 3.78. The fourth-order valence-corrected chi connectivity index (χ4v) is 4.85. The number of carbonyl (C=O) groups excluding carboxylic acids is 1. The Morgan fingerprint density at radius 3 is 2.64 bits per heavy atom. The van der Waals surface area contributed by atoms with E-state index in [1.165, 1.54) is 11.8 Å². The molecule has 0 radical (unpaired) electrons. The number of anilines is 1. The molecule has 3 aromatic rings. The third-order valence-corrected chi connectivity index (χ3v) is 6.87. The maximum absolute atomic E-state index is 12.8. The van der Waals surface area contributed by atoms with Crippen LogP contribution in [0.1, 0.15) is 25.3 Å². The maximum Gasteiger partial charge on any atom is 0.233 e. The molecule has 0 spiro atoms. The normalized spacial score (nSPS) is 14.3. The minimum absolute atomic E-state index is 0.0307. The average Bonchev–Trinajstić information content (AvgIpc) is 3.49. The van der Waals surface area contributed by atoms with Crippen molar-refractivity contribution >= 4 is 35.2 Å². The minimum Gasteiger partial charge on any atom is -0.497 e.